The highest BCUT2D eigenvalue weighted by molar-refractivity contribution is 5.78. The van der Waals surface area contributed by atoms with Crippen molar-refractivity contribution in [3.05, 3.63) is 0 Å². The molecule has 0 aliphatic heterocycles. The second-order valence-corrected chi connectivity index (χ2v) is 4.81. The first-order chi connectivity index (χ1) is 8.13. The summed E-state index contributed by atoms with van der Waals surface area (Å²) in [5.74, 6) is 0.558. The number of amides is 2. The summed E-state index contributed by atoms with van der Waals surface area (Å²) in [6.07, 6.45) is 4.77. The normalized spacial score (nSPS) is 24.1. The summed E-state index contributed by atoms with van der Waals surface area (Å²) in [5, 5.41) is 7.31. The minimum absolute atomic E-state index is 0.0349. The minimum Gasteiger partial charge on any atom is -0.354 e. The van der Waals surface area contributed by atoms with Crippen LogP contribution in [0.5, 0.6) is 0 Å². The zero-order valence-electron chi connectivity index (χ0n) is 10.8. The Morgan fingerprint density at radius 1 is 1.18 bits per heavy atom. The van der Waals surface area contributed by atoms with Gasteiger partial charge in [0.15, 0.2) is 13.1 Å². The molecule has 1 saturated carbocycles. The zero-order chi connectivity index (χ0) is 12.7. The molecule has 1 aliphatic carbocycles. The Kier molecular flexibility index (Phi) is 5.97. The molecule has 0 aromatic carbocycles. The van der Waals surface area contributed by atoms with Gasteiger partial charge in [-0.15, -0.1) is 0 Å². The van der Waals surface area contributed by atoms with Crippen LogP contribution in [-0.4, -0.2) is 38.0 Å². The summed E-state index contributed by atoms with van der Waals surface area (Å²) in [7, 11) is 1.60. The fourth-order valence-electron chi connectivity index (χ4n) is 2.23. The zero-order valence-corrected chi connectivity index (χ0v) is 10.8. The SMILES string of the molecule is CNC(=O)C[NH2+]CC(=O)N[C@H]1CCCC[C@@H]1C. The molecule has 4 N–H and O–H groups in total. The summed E-state index contributed by atoms with van der Waals surface area (Å²) in [4.78, 5) is 22.6. The van der Waals surface area contributed by atoms with Crippen LogP contribution in [0.3, 0.4) is 0 Å². The third kappa shape index (κ3) is 5.17. The van der Waals surface area contributed by atoms with Gasteiger partial charge in [-0.2, -0.15) is 0 Å². The number of carbonyl (C=O) groups excluding carboxylic acids is 2. The summed E-state index contributed by atoms with van der Waals surface area (Å²) < 4.78 is 0. The van der Waals surface area contributed by atoms with Gasteiger partial charge < -0.3 is 16.0 Å². The van der Waals surface area contributed by atoms with E-state index in [4.69, 9.17) is 0 Å². The average molecular weight is 242 g/mol. The third-order valence-electron chi connectivity index (χ3n) is 3.40. The minimum atomic E-state index is -0.0520. The van der Waals surface area contributed by atoms with Crippen LogP contribution in [0.4, 0.5) is 0 Å². The molecule has 0 bridgehead atoms. The first-order valence-corrected chi connectivity index (χ1v) is 6.45. The monoisotopic (exact) mass is 242 g/mol. The summed E-state index contributed by atoms with van der Waals surface area (Å²) in [6, 6.07) is 0.324. The Morgan fingerprint density at radius 2 is 1.82 bits per heavy atom. The smallest absolute Gasteiger partial charge is 0.275 e. The number of nitrogens with two attached hydrogens (primary N) is 1. The van der Waals surface area contributed by atoms with Crippen molar-refractivity contribution in [3.8, 4) is 0 Å². The highest BCUT2D eigenvalue weighted by Crippen LogP contribution is 2.23. The van der Waals surface area contributed by atoms with Crippen LogP contribution in [0.25, 0.3) is 0 Å². The summed E-state index contributed by atoms with van der Waals surface area (Å²) >= 11 is 0. The van der Waals surface area contributed by atoms with E-state index in [0.29, 0.717) is 25.0 Å². The lowest BCUT2D eigenvalue weighted by atomic mass is 9.86. The highest BCUT2D eigenvalue weighted by atomic mass is 16.2. The number of likely N-dealkylation sites (N-methyl/N-ethyl adjacent to an activating group) is 1. The lowest BCUT2D eigenvalue weighted by Crippen LogP contribution is -2.88. The van der Waals surface area contributed by atoms with Gasteiger partial charge in [-0.05, 0) is 18.8 Å². The van der Waals surface area contributed by atoms with Crippen LogP contribution >= 0.6 is 0 Å². The fraction of sp³-hybridized carbons (Fsp3) is 0.833. The molecule has 0 heterocycles. The maximum atomic E-state index is 11.7. The molecular formula is C12H24N3O2+. The second-order valence-electron chi connectivity index (χ2n) is 4.81. The molecule has 1 fully saturated rings. The van der Waals surface area contributed by atoms with Crippen molar-refractivity contribution in [1.82, 2.24) is 10.6 Å². The molecule has 0 aromatic rings. The van der Waals surface area contributed by atoms with E-state index in [1.165, 1.54) is 19.3 Å². The van der Waals surface area contributed by atoms with Crippen molar-refractivity contribution < 1.29 is 14.9 Å². The number of rotatable bonds is 5. The van der Waals surface area contributed by atoms with Crippen LogP contribution in [0.1, 0.15) is 32.6 Å². The number of carbonyl (C=O) groups is 2. The molecule has 5 heteroatoms. The highest BCUT2D eigenvalue weighted by Gasteiger charge is 2.23. The third-order valence-corrected chi connectivity index (χ3v) is 3.40. The van der Waals surface area contributed by atoms with Gasteiger partial charge in [-0.25, -0.2) is 0 Å². The summed E-state index contributed by atoms with van der Waals surface area (Å²) in [5.41, 5.74) is 0. The van der Waals surface area contributed by atoms with Crippen molar-refractivity contribution >= 4 is 11.8 Å². The van der Waals surface area contributed by atoms with Crippen molar-refractivity contribution in [2.75, 3.05) is 20.1 Å². The standard InChI is InChI=1S/C12H23N3O2/c1-9-5-3-4-6-10(9)15-12(17)8-14-7-11(16)13-2/h9-10,14H,3-8H2,1-2H3,(H,13,16)(H,15,17)/p+1/t9-,10-/m0/s1. The maximum absolute atomic E-state index is 11.7. The van der Waals surface area contributed by atoms with E-state index in [1.54, 1.807) is 12.4 Å². The van der Waals surface area contributed by atoms with Gasteiger partial charge >= 0.3 is 0 Å². The predicted molar refractivity (Wildman–Crippen MR) is 65.3 cm³/mol. The number of quaternary nitrogens is 1. The van der Waals surface area contributed by atoms with E-state index in [2.05, 4.69) is 17.6 Å². The molecule has 0 spiro atoms. The Hall–Kier alpha value is -1.10. The van der Waals surface area contributed by atoms with Gasteiger partial charge in [0.2, 0.25) is 0 Å². The molecular weight excluding hydrogens is 218 g/mol. The molecule has 1 aliphatic rings. The molecule has 0 saturated heterocycles. The van der Waals surface area contributed by atoms with Gasteiger partial charge in [0, 0.05) is 13.1 Å². The van der Waals surface area contributed by atoms with Crippen molar-refractivity contribution in [2.24, 2.45) is 5.92 Å². The number of hydrogen-bond donors (Lipinski definition) is 3. The van der Waals surface area contributed by atoms with Crippen LogP contribution in [0.15, 0.2) is 0 Å². The van der Waals surface area contributed by atoms with E-state index in [0.717, 1.165) is 6.42 Å². The molecule has 2 amide bonds. The lowest BCUT2D eigenvalue weighted by Gasteiger charge is -2.29. The first kappa shape index (κ1) is 14.0. The van der Waals surface area contributed by atoms with Gasteiger partial charge in [-0.3, -0.25) is 9.59 Å². The Balaban J connectivity index is 2.17. The van der Waals surface area contributed by atoms with Crippen LogP contribution in [0.2, 0.25) is 0 Å². The maximum Gasteiger partial charge on any atom is 0.275 e. The van der Waals surface area contributed by atoms with Crippen molar-refractivity contribution in [3.63, 3.8) is 0 Å². The molecule has 0 unspecified atom stereocenters. The van der Waals surface area contributed by atoms with Crippen LogP contribution in [0, 0.1) is 5.92 Å². The number of hydrogen-bond acceptors (Lipinski definition) is 2. The van der Waals surface area contributed by atoms with Gasteiger partial charge in [0.05, 0.1) is 0 Å². The van der Waals surface area contributed by atoms with E-state index < -0.39 is 0 Å². The molecule has 0 aromatic heterocycles. The Morgan fingerprint density at radius 3 is 2.47 bits per heavy atom. The molecule has 5 nitrogen and oxygen atoms in total. The first-order valence-electron chi connectivity index (χ1n) is 6.45. The molecule has 2 atom stereocenters. The van der Waals surface area contributed by atoms with E-state index in [-0.39, 0.29) is 11.8 Å². The van der Waals surface area contributed by atoms with E-state index in [1.807, 2.05) is 0 Å². The lowest BCUT2D eigenvalue weighted by molar-refractivity contribution is -0.633. The van der Waals surface area contributed by atoms with Crippen molar-refractivity contribution in [1.29, 1.82) is 0 Å². The van der Waals surface area contributed by atoms with Gasteiger partial charge in [0.25, 0.3) is 11.8 Å². The number of nitrogens with one attached hydrogen (secondary N) is 2. The van der Waals surface area contributed by atoms with Crippen LogP contribution < -0.4 is 16.0 Å². The predicted octanol–water partition coefficient (Wildman–Crippen LogP) is -1.01. The van der Waals surface area contributed by atoms with Crippen molar-refractivity contribution in [2.45, 2.75) is 38.6 Å². The van der Waals surface area contributed by atoms with Crippen LogP contribution in [-0.2, 0) is 9.59 Å². The Bertz CT molecular complexity index is 268. The molecule has 0 radical (unpaired) electrons. The quantitative estimate of drug-likeness (QED) is 0.578. The molecule has 1 rings (SSSR count). The summed E-state index contributed by atoms with van der Waals surface area (Å²) in [6.45, 7) is 2.83. The Labute approximate surface area is 103 Å². The topological polar surface area (TPSA) is 74.8 Å². The average Bonchev–Trinajstić information content (AvgIpc) is 2.32. The van der Waals surface area contributed by atoms with E-state index in [9.17, 15) is 9.59 Å². The van der Waals surface area contributed by atoms with Gasteiger partial charge in [0.1, 0.15) is 0 Å². The molecule has 98 valence electrons. The fourth-order valence-corrected chi connectivity index (χ4v) is 2.23. The largest absolute Gasteiger partial charge is 0.354 e. The van der Waals surface area contributed by atoms with Gasteiger partial charge in [-0.1, -0.05) is 19.8 Å². The second kappa shape index (κ2) is 7.27. The molecule has 17 heavy (non-hydrogen) atoms. The van der Waals surface area contributed by atoms with E-state index >= 15 is 0 Å².